The zero-order chi connectivity index (χ0) is 22.0. The van der Waals surface area contributed by atoms with Gasteiger partial charge in [0.25, 0.3) is 0 Å². The third-order valence-corrected chi connectivity index (χ3v) is 6.23. The van der Waals surface area contributed by atoms with Crippen molar-refractivity contribution in [2.45, 2.75) is 31.7 Å². The van der Waals surface area contributed by atoms with Crippen LogP contribution in [0.2, 0.25) is 0 Å². The lowest BCUT2D eigenvalue weighted by Crippen LogP contribution is -2.26. The van der Waals surface area contributed by atoms with Gasteiger partial charge in [-0.3, -0.25) is 4.79 Å². The van der Waals surface area contributed by atoms with E-state index in [0.717, 1.165) is 36.4 Å². The Morgan fingerprint density at radius 2 is 1.94 bits per heavy atom. The fourth-order valence-corrected chi connectivity index (χ4v) is 4.17. The zero-order valence-corrected chi connectivity index (χ0v) is 20.1. The molecule has 0 aliphatic carbocycles. The van der Waals surface area contributed by atoms with Crippen molar-refractivity contribution in [1.82, 2.24) is 25.1 Å². The first kappa shape index (κ1) is 21.9. The number of likely N-dealkylation sites (tertiary alicyclic amines) is 1. The normalized spacial score (nSPS) is 16.5. The van der Waals surface area contributed by atoms with Crippen LogP contribution in [-0.4, -0.2) is 44.1 Å². The number of nitrogens with zero attached hydrogens (tertiary/aromatic N) is 5. The van der Waals surface area contributed by atoms with E-state index >= 15 is 0 Å². The molecule has 3 atom stereocenters. The highest BCUT2D eigenvalue weighted by Crippen LogP contribution is 2.38. The smallest absolute Gasteiger partial charge is 0.219 e. The molecule has 1 aliphatic heterocycles. The average molecular weight is 454 g/mol. The molecule has 2 aromatic carbocycles. The Hall–Kier alpha value is -2.36. The number of carbonyl (C=O) groups is 1. The number of carbonyl (C=O) groups excluding carboxylic acids is 1. The molecule has 2 heterocycles. The van der Waals surface area contributed by atoms with Crippen LogP contribution < -0.4 is 5.32 Å². The molecule has 31 heavy (non-hydrogen) atoms. The van der Waals surface area contributed by atoms with E-state index in [-0.39, 0.29) is 10.8 Å². The minimum absolute atomic E-state index is 0.0420. The summed E-state index contributed by atoms with van der Waals surface area (Å²) in [7, 11) is 5.67. The lowest BCUT2D eigenvalue weighted by atomic mass is 10.1. The molecule has 1 aromatic heterocycles. The second-order valence-corrected chi connectivity index (χ2v) is 11.4. The quantitative estimate of drug-likeness (QED) is 0.573. The maximum absolute atomic E-state index is 11.6. The van der Waals surface area contributed by atoms with Gasteiger partial charge in [-0.05, 0) is 54.3 Å². The zero-order valence-electron chi connectivity index (χ0n) is 17.8. The number of nitrogens with one attached hydrogen (secondary N) is 1. The highest BCUT2D eigenvalue weighted by atomic mass is 31.1. The van der Waals surface area contributed by atoms with E-state index in [1.54, 1.807) is 11.7 Å². The summed E-state index contributed by atoms with van der Waals surface area (Å²) in [6, 6.07) is 16.3. The number of para-hydroxylation sites is 1. The van der Waals surface area contributed by atoms with Crippen molar-refractivity contribution in [3.63, 3.8) is 0 Å². The van der Waals surface area contributed by atoms with Crippen molar-refractivity contribution in [3.05, 3.63) is 54.1 Å². The summed E-state index contributed by atoms with van der Waals surface area (Å²) in [5.41, 5.74) is 4.05. The van der Waals surface area contributed by atoms with Gasteiger partial charge in [-0.1, -0.05) is 24.3 Å². The van der Waals surface area contributed by atoms with Crippen LogP contribution in [0.3, 0.4) is 0 Å². The Labute approximate surface area is 187 Å². The van der Waals surface area contributed by atoms with E-state index in [1.165, 1.54) is 5.56 Å². The fraction of sp³-hybridized carbons (Fsp3) is 0.364. The number of hydrogen-bond donors (Lipinski definition) is 1. The molecule has 0 bridgehead atoms. The SMILES string of the molecule is CC(=O)N1CCC(Cn2nnc(-c3ccccc3Nc3ccc(C(C)(P)P)cc3)n2)C1. The summed E-state index contributed by atoms with van der Waals surface area (Å²) in [4.78, 5) is 15.0. The van der Waals surface area contributed by atoms with Gasteiger partial charge in [0, 0.05) is 41.8 Å². The molecule has 0 saturated carbocycles. The standard InChI is InChI=1S/C22H28N6OP2/c1-15(29)27-12-11-16(13-27)14-28-25-21(24-26-28)19-5-3-4-6-20(19)23-18-9-7-17(8-10-18)22(2,30)31/h3-10,16,23H,11-14,30-31H2,1-2H3. The molecule has 1 aliphatic rings. The van der Waals surface area contributed by atoms with Gasteiger partial charge in [-0.25, -0.2) is 0 Å². The second-order valence-electron chi connectivity index (χ2n) is 8.32. The van der Waals surface area contributed by atoms with Crippen LogP contribution in [0.25, 0.3) is 11.4 Å². The van der Waals surface area contributed by atoms with Crippen LogP contribution in [0.15, 0.2) is 48.5 Å². The molecular weight excluding hydrogens is 426 g/mol. The average Bonchev–Trinajstić information content (AvgIpc) is 3.38. The summed E-state index contributed by atoms with van der Waals surface area (Å²) >= 11 is 0. The topological polar surface area (TPSA) is 75.9 Å². The van der Waals surface area contributed by atoms with Crippen molar-refractivity contribution in [2.24, 2.45) is 5.92 Å². The van der Waals surface area contributed by atoms with Gasteiger partial charge >= 0.3 is 0 Å². The number of benzene rings is 2. The lowest BCUT2D eigenvalue weighted by Gasteiger charge is -2.19. The molecule has 3 unspecified atom stereocenters. The predicted octanol–water partition coefficient (Wildman–Crippen LogP) is 3.88. The van der Waals surface area contributed by atoms with Crippen molar-refractivity contribution < 1.29 is 4.79 Å². The van der Waals surface area contributed by atoms with Gasteiger partial charge < -0.3 is 10.2 Å². The van der Waals surface area contributed by atoms with Crippen molar-refractivity contribution in [1.29, 1.82) is 0 Å². The van der Waals surface area contributed by atoms with Crippen molar-refractivity contribution in [2.75, 3.05) is 18.4 Å². The summed E-state index contributed by atoms with van der Waals surface area (Å²) in [6.07, 6.45) is 0.968. The first-order valence-corrected chi connectivity index (χ1v) is 11.5. The number of hydrogen-bond acceptors (Lipinski definition) is 5. The highest BCUT2D eigenvalue weighted by molar-refractivity contribution is 7.38. The second kappa shape index (κ2) is 9.02. The fourth-order valence-electron chi connectivity index (χ4n) is 3.78. The number of anilines is 2. The first-order valence-electron chi connectivity index (χ1n) is 10.4. The van der Waals surface area contributed by atoms with Crippen LogP contribution in [0, 0.1) is 5.92 Å². The molecule has 7 nitrogen and oxygen atoms in total. The van der Waals surface area contributed by atoms with E-state index in [9.17, 15) is 4.79 Å². The first-order chi connectivity index (χ1) is 14.8. The van der Waals surface area contributed by atoms with E-state index in [2.05, 4.69) is 70.4 Å². The Kier molecular flexibility index (Phi) is 6.36. The molecular formula is C22H28N6OP2. The molecule has 3 aromatic rings. The van der Waals surface area contributed by atoms with Crippen LogP contribution in [0.1, 0.15) is 25.8 Å². The molecule has 1 amide bonds. The maximum Gasteiger partial charge on any atom is 0.219 e. The number of amides is 1. The van der Waals surface area contributed by atoms with Crippen LogP contribution in [0.4, 0.5) is 11.4 Å². The van der Waals surface area contributed by atoms with Crippen LogP contribution in [0.5, 0.6) is 0 Å². The van der Waals surface area contributed by atoms with E-state index in [1.807, 2.05) is 29.2 Å². The van der Waals surface area contributed by atoms with E-state index in [4.69, 9.17) is 0 Å². The predicted molar refractivity (Wildman–Crippen MR) is 130 cm³/mol. The molecule has 4 rings (SSSR count). The minimum Gasteiger partial charge on any atom is -0.355 e. The van der Waals surface area contributed by atoms with Crippen molar-refractivity contribution in [3.8, 4) is 11.4 Å². The molecule has 1 N–H and O–H groups in total. The third-order valence-electron chi connectivity index (χ3n) is 5.56. The summed E-state index contributed by atoms with van der Waals surface area (Å²) in [5.74, 6) is 1.07. The Morgan fingerprint density at radius 3 is 2.61 bits per heavy atom. The van der Waals surface area contributed by atoms with Crippen LogP contribution in [-0.2, 0) is 16.2 Å². The number of aromatic nitrogens is 4. The molecule has 1 saturated heterocycles. The third kappa shape index (κ3) is 5.28. The summed E-state index contributed by atoms with van der Waals surface area (Å²) < 4.78 is 0. The molecule has 9 heteroatoms. The van der Waals surface area contributed by atoms with Gasteiger partial charge in [-0.15, -0.1) is 28.7 Å². The van der Waals surface area contributed by atoms with E-state index in [0.29, 0.717) is 18.3 Å². The Morgan fingerprint density at radius 1 is 1.19 bits per heavy atom. The molecule has 0 spiro atoms. The monoisotopic (exact) mass is 454 g/mol. The molecule has 1 fully saturated rings. The molecule has 0 radical (unpaired) electrons. The lowest BCUT2D eigenvalue weighted by molar-refractivity contribution is -0.127. The largest absolute Gasteiger partial charge is 0.355 e. The van der Waals surface area contributed by atoms with Crippen LogP contribution >= 0.6 is 18.5 Å². The van der Waals surface area contributed by atoms with Gasteiger partial charge in [0.1, 0.15) is 0 Å². The number of rotatable bonds is 6. The van der Waals surface area contributed by atoms with E-state index < -0.39 is 0 Å². The van der Waals surface area contributed by atoms with Gasteiger partial charge in [0.15, 0.2) is 0 Å². The van der Waals surface area contributed by atoms with Gasteiger partial charge in [0.2, 0.25) is 11.7 Å². The summed E-state index contributed by atoms with van der Waals surface area (Å²) in [5, 5.41) is 16.6. The minimum atomic E-state index is -0.0420. The molecule has 162 valence electrons. The maximum atomic E-state index is 11.6. The summed E-state index contributed by atoms with van der Waals surface area (Å²) in [6.45, 7) is 5.98. The number of tetrazole rings is 1. The Bertz CT molecular complexity index is 1060. The Balaban J connectivity index is 1.48. The highest BCUT2D eigenvalue weighted by Gasteiger charge is 2.25. The van der Waals surface area contributed by atoms with Crippen molar-refractivity contribution >= 4 is 35.8 Å². The van der Waals surface area contributed by atoms with Gasteiger partial charge in [-0.2, -0.15) is 4.80 Å². The van der Waals surface area contributed by atoms with Gasteiger partial charge in [0.05, 0.1) is 6.54 Å².